The summed E-state index contributed by atoms with van der Waals surface area (Å²) in [5, 5.41) is 9.92. The fourth-order valence-corrected chi connectivity index (χ4v) is 2.94. The van der Waals surface area contributed by atoms with Gasteiger partial charge in [-0.3, -0.25) is 0 Å². The van der Waals surface area contributed by atoms with Gasteiger partial charge in [0.15, 0.2) is 0 Å². The van der Waals surface area contributed by atoms with Gasteiger partial charge in [-0.1, -0.05) is 12.5 Å². The number of aryl methyl sites for hydroxylation is 1. The van der Waals surface area contributed by atoms with Gasteiger partial charge in [0.05, 0.1) is 4.47 Å². The third-order valence-corrected chi connectivity index (χ3v) is 3.96. The largest absolute Gasteiger partial charge is 0.506 e. The van der Waals surface area contributed by atoms with Gasteiger partial charge >= 0.3 is 0 Å². The molecule has 1 aliphatic carbocycles. The molecule has 0 radical (unpaired) electrons. The van der Waals surface area contributed by atoms with Crippen LogP contribution in [-0.4, -0.2) is 5.11 Å². The number of aromatic hydroxyl groups is 1. The second-order valence-corrected chi connectivity index (χ2v) is 4.89. The van der Waals surface area contributed by atoms with Gasteiger partial charge in [-0.25, -0.2) is 0 Å². The molecular formula is C12H16BrNO. The maximum Gasteiger partial charge on any atom is 0.134 e. The highest BCUT2D eigenvalue weighted by atomic mass is 79.9. The second kappa shape index (κ2) is 4.54. The van der Waals surface area contributed by atoms with Crippen LogP contribution >= 0.6 is 15.9 Å². The number of halogens is 1. The highest BCUT2D eigenvalue weighted by Gasteiger charge is 2.16. The van der Waals surface area contributed by atoms with Crippen molar-refractivity contribution in [3.8, 4) is 5.75 Å². The number of rotatable bonds is 1. The molecular weight excluding hydrogens is 254 g/mol. The summed E-state index contributed by atoms with van der Waals surface area (Å²) in [7, 11) is 0. The normalized spacial score (nSPS) is 15.9. The zero-order valence-corrected chi connectivity index (χ0v) is 10.3. The van der Waals surface area contributed by atoms with Crippen LogP contribution in [0, 0.1) is 0 Å². The van der Waals surface area contributed by atoms with E-state index in [1.165, 1.54) is 30.4 Å². The van der Waals surface area contributed by atoms with Crippen LogP contribution < -0.4 is 5.73 Å². The number of phenolic OH excluding ortho intramolecular Hbond substituents is 1. The molecule has 0 spiro atoms. The van der Waals surface area contributed by atoms with E-state index in [9.17, 15) is 5.11 Å². The fraction of sp³-hybridized carbons (Fsp3) is 0.500. The summed E-state index contributed by atoms with van der Waals surface area (Å²) in [5.41, 5.74) is 9.10. The van der Waals surface area contributed by atoms with E-state index >= 15 is 0 Å². The molecule has 0 saturated carbocycles. The number of hydrogen-bond acceptors (Lipinski definition) is 2. The van der Waals surface area contributed by atoms with Crippen molar-refractivity contribution >= 4 is 15.9 Å². The summed E-state index contributed by atoms with van der Waals surface area (Å²) in [5.74, 6) is 0.332. The van der Waals surface area contributed by atoms with E-state index in [0.29, 0.717) is 12.3 Å². The van der Waals surface area contributed by atoms with E-state index in [4.69, 9.17) is 5.73 Å². The predicted octanol–water partition coefficient (Wildman–Crippen LogP) is 2.88. The Hall–Kier alpha value is -0.540. The van der Waals surface area contributed by atoms with Crippen LogP contribution in [0.3, 0.4) is 0 Å². The summed E-state index contributed by atoms with van der Waals surface area (Å²) in [6.07, 6.45) is 5.91. The molecule has 1 aromatic rings. The molecule has 0 bridgehead atoms. The standard InChI is InChI=1S/C12H16BrNO/c13-11-10-5-3-1-2-4-8(10)6-9(7-14)12(11)15/h6,15H,1-5,7,14H2. The van der Waals surface area contributed by atoms with Crippen molar-refractivity contribution in [1.29, 1.82) is 0 Å². The smallest absolute Gasteiger partial charge is 0.134 e. The van der Waals surface area contributed by atoms with Crippen LogP contribution in [-0.2, 0) is 19.4 Å². The van der Waals surface area contributed by atoms with Crippen molar-refractivity contribution in [1.82, 2.24) is 0 Å². The Morgan fingerprint density at radius 2 is 2.00 bits per heavy atom. The average Bonchev–Trinajstić information content (AvgIpc) is 2.48. The van der Waals surface area contributed by atoms with Gasteiger partial charge in [0.25, 0.3) is 0 Å². The van der Waals surface area contributed by atoms with Crippen molar-refractivity contribution in [2.45, 2.75) is 38.6 Å². The SMILES string of the molecule is NCc1cc2c(c(Br)c1O)CCCCC2. The Morgan fingerprint density at radius 1 is 1.27 bits per heavy atom. The summed E-state index contributed by atoms with van der Waals surface area (Å²) in [6.45, 7) is 0.401. The molecule has 0 fully saturated rings. The van der Waals surface area contributed by atoms with Gasteiger partial charge < -0.3 is 10.8 Å². The van der Waals surface area contributed by atoms with Crippen LogP contribution in [0.2, 0.25) is 0 Å². The molecule has 2 rings (SSSR count). The fourth-order valence-electron chi connectivity index (χ4n) is 2.23. The number of fused-ring (bicyclic) bond motifs is 1. The highest BCUT2D eigenvalue weighted by molar-refractivity contribution is 9.10. The molecule has 0 heterocycles. The highest BCUT2D eigenvalue weighted by Crippen LogP contribution is 2.36. The first-order valence-corrected chi connectivity index (χ1v) is 6.25. The molecule has 0 saturated heterocycles. The number of nitrogens with two attached hydrogens (primary N) is 1. The molecule has 1 aromatic carbocycles. The van der Waals surface area contributed by atoms with E-state index < -0.39 is 0 Å². The Kier molecular flexibility index (Phi) is 3.32. The van der Waals surface area contributed by atoms with Crippen molar-refractivity contribution in [2.24, 2.45) is 5.73 Å². The third kappa shape index (κ3) is 2.04. The number of benzene rings is 1. The van der Waals surface area contributed by atoms with Gasteiger partial charge in [-0.05, 0) is 52.7 Å². The molecule has 3 N–H and O–H groups in total. The third-order valence-electron chi connectivity index (χ3n) is 3.11. The van der Waals surface area contributed by atoms with Crippen LogP contribution in [0.5, 0.6) is 5.75 Å². The Bertz CT molecular complexity index is 376. The minimum atomic E-state index is 0.332. The number of phenols is 1. The van der Waals surface area contributed by atoms with Gasteiger partial charge in [0.1, 0.15) is 5.75 Å². The first kappa shape index (κ1) is 11.0. The molecule has 0 amide bonds. The Morgan fingerprint density at radius 3 is 2.73 bits per heavy atom. The number of hydrogen-bond donors (Lipinski definition) is 2. The second-order valence-electron chi connectivity index (χ2n) is 4.10. The van der Waals surface area contributed by atoms with Crippen molar-refractivity contribution in [2.75, 3.05) is 0 Å². The molecule has 1 aliphatic rings. The van der Waals surface area contributed by atoms with Crippen LogP contribution in [0.15, 0.2) is 10.5 Å². The van der Waals surface area contributed by atoms with Gasteiger partial charge in [-0.15, -0.1) is 0 Å². The van der Waals surface area contributed by atoms with E-state index in [1.54, 1.807) is 0 Å². The van der Waals surface area contributed by atoms with E-state index in [1.807, 2.05) is 0 Å². The zero-order chi connectivity index (χ0) is 10.8. The maximum atomic E-state index is 9.92. The lowest BCUT2D eigenvalue weighted by atomic mass is 9.99. The minimum Gasteiger partial charge on any atom is -0.506 e. The van der Waals surface area contributed by atoms with Crippen LogP contribution in [0.25, 0.3) is 0 Å². The topological polar surface area (TPSA) is 46.2 Å². The molecule has 0 atom stereocenters. The first-order valence-electron chi connectivity index (χ1n) is 5.46. The monoisotopic (exact) mass is 269 g/mol. The molecule has 0 unspecified atom stereocenters. The van der Waals surface area contributed by atoms with Crippen LogP contribution in [0.1, 0.15) is 36.0 Å². The van der Waals surface area contributed by atoms with Gasteiger partial charge in [0, 0.05) is 12.1 Å². The molecule has 3 heteroatoms. The maximum absolute atomic E-state index is 9.92. The van der Waals surface area contributed by atoms with Crippen LogP contribution in [0.4, 0.5) is 0 Å². The van der Waals surface area contributed by atoms with E-state index in [2.05, 4.69) is 22.0 Å². The minimum absolute atomic E-state index is 0.332. The van der Waals surface area contributed by atoms with Gasteiger partial charge in [-0.2, -0.15) is 0 Å². The summed E-state index contributed by atoms with van der Waals surface area (Å²) in [6, 6.07) is 2.07. The van der Waals surface area contributed by atoms with Gasteiger partial charge in [0.2, 0.25) is 0 Å². The predicted molar refractivity (Wildman–Crippen MR) is 65.0 cm³/mol. The summed E-state index contributed by atoms with van der Waals surface area (Å²) >= 11 is 3.49. The molecule has 2 nitrogen and oxygen atoms in total. The summed E-state index contributed by atoms with van der Waals surface area (Å²) < 4.78 is 0.863. The zero-order valence-electron chi connectivity index (χ0n) is 8.72. The molecule has 0 aromatic heterocycles. The Labute approximate surface area is 98.6 Å². The first-order chi connectivity index (χ1) is 7.24. The molecule has 82 valence electrons. The lowest BCUT2D eigenvalue weighted by Crippen LogP contribution is -2.02. The van der Waals surface area contributed by atoms with E-state index in [0.717, 1.165) is 22.9 Å². The summed E-state index contributed by atoms with van der Waals surface area (Å²) in [4.78, 5) is 0. The lowest BCUT2D eigenvalue weighted by Gasteiger charge is -2.13. The molecule has 0 aliphatic heterocycles. The van der Waals surface area contributed by atoms with Crippen molar-refractivity contribution < 1.29 is 5.11 Å². The van der Waals surface area contributed by atoms with E-state index in [-0.39, 0.29) is 0 Å². The Balaban J connectivity index is 2.53. The lowest BCUT2D eigenvalue weighted by molar-refractivity contribution is 0.463. The van der Waals surface area contributed by atoms with Crippen molar-refractivity contribution in [3.05, 3.63) is 27.2 Å². The van der Waals surface area contributed by atoms with Crippen molar-refractivity contribution in [3.63, 3.8) is 0 Å². The quantitative estimate of drug-likeness (QED) is 0.771. The molecule has 15 heavy (non-hydrogen) atoms. The average molecular weight is 270 g/mol.